The Morgan fingerprint density at radius 2 is 0.280 bits per heavy atom. The van der Waals surface area contributed by atoms with E-state index in [1.54, 1.807) is 0 Å². The van der Waals surface area contributed by atoms with Crippen LogP contribution in [0.1, 0.15) is 103 Å². The third-order valence-corrected chi connectivity index (χ3v) is 51.6. The van der Waals surface area contributed by atoms with Crippen molar-refractivity contribution in [3.63, 3.8) is 0 Å². The van der Waals surface area contributed by atoms with Crippen LogP contribution in [-0.2, 0) is 87.7 Å². The van der Waals surface area contributed by atoms with Crippen molar-refractivity contribution < 1.29 is 169 Å². The van der Waals surface area contributed by atoms with Crippen molar-refractivity contribution in [3.8, 4) is 0 Å². The first-order valence-corrected chi connectivity index (χ1v) is 47.9. The molecule has 0 spiro atoms. The normalized spacial score (nSPS) is 27.0. The largest absolute Gasteiger partial charge is 0.480 e. The third-order valence-electron chi connectivity index (χ3n) is 14.8. The van der Waals surface area contributed by atoms with Gasteiger partial charge in [-0.15, -0.1) is 0 Å². The molecule has 0 atom stereocenters. The van der Waals surface area contributed by atoms with Crippen LogP contribution in [0.5, 0.6) is 0 Å². The van der Waals surface area contributed by atoms with Crippen LogP contribution in [-0.4, -0.2) is 302 Å². The molecule has 6 aliphatic heterocycles. The van der Waals surface area contributed by atoms with Crippen molar-refractivity contribution in [2.75, 3.05) is 52.4 Å². The minimum Gasteiger partial charge on any atom is -0.373 e. The van der Waals surface area contributed by atoms with Gasteiger partial charge in [0.2, 0.25) is 47.3 Å². The highest BCUT2D eigenvalue weighted by Gasteiger charge is 2.83. The maximum atomic E-state index is 13.6. The van der Waals surface area contributed by atoms with E-state index in [1.165, 1.54) is 0 Å². The number of aliphatic hydroxyl groups excluding tert-OH is 8. The number of amides is 8. The summed E-state index contributed by atoms with van der Waals surface area (Å²) in [6, 6.07) is -5.29. The Kier molecular flexibility index (Phi) is 35.5. The number of carbonyl (C=O) groups excluding carboxylic acids is 8. The van der Waals surface area contributed by atoms with Crippen LogP contribution < -0.4 is 42.5 Å². The maximum Gasteiger partial charge on any atom is 0.480 e. The standard InChI is InChI=1S/C48H96N8O36Si8/c57-33(1-9-41(65)66)49-17-25-93-81-94(26-18-50-34(58)2-10-42(67)68)84-97(29-21-53-37(61)5-13-45(73)74)86-95(82-93,27-19-51-35(59)3-11-43(69)70)88-99(31-23-55-39(63)7-15-47(77)78)89-96(83-93,28-20-52-36(60)4-12-44(71)72)87-98(85-94,30-22-54-38(62)6-14-46(75)76)91-100(90-97,92-99)32-24-56-40(64)8-16-48(79)80/h41-48,65-80H,1-32H2,(H,49,57)(H,50,58)(H,51,59)(H,52,60)(H,53,61)(H,54,62)(H,55,63)(H,56,64). The monoisotopic (exact) mass is 1580 g/mol. The van der Waals surface area contributed by atoms with Crippen LogP contribution in [0, 0.1) is 0 Å². The van der Waals surface area contributed by atoms with E-state index < -0.39 is 371 Å². The van der Waals surface area contributed by atoms with Gasteiger partial charge >= 0.3 is 70.4 Å². The van der Waals surface area contributed by atoms with Crippen molar-refractivity contribution in [2.45, 2.75) is 201 Å². The number of aliphatic hydroxyl groups is 16. The molecular formula is C48H96N8O36Si8. The molecule has 576 valence electrons. The second-order valence-electron chi connectivity index (χ2n) is 23.6. The van der Waals surface area contributed by atoms with Crippen LogP contribution in [0.15, 0.2) is 0 Å². The van der Waals surface area contributed by atoms with Gasteiger partial charge in [0.1, 0.15) is 0 Å². The molecule has 6 rings (SSSR count). The van der Waals surface area contributed by atoms with E-state index in [9.17, 15) is 120 Å². The van der Waals surface area contributed by atoms with Gasteiger partial charge < -0.3 is 174 Å². The number of hydrogen-bond donors (Lipinski definition) is 24. The minimum absolute atomic E-state index is 0.464. The molecule has 0 aromatic carbocycles. The zero-order valence-corrected chi connectivity index (χ0v) is 62.6. The second kappa shape index (κ2) is 40.8. The zero-order chi connectivity index (χ0) is 74.0. The molecule has 0 unspecified atom stereocenters. The molecule has 0 aromatic heterocycles. The minimum atomic E-state index is -5.42. The molecule has 0 radical (unpaired) electrons. The van der Waals surface area contributed by atoms with Crippen molar-refractivity contribution in [1.29, 1.82) is 0 Å². The first-order valence-electron chi connectivity index (χ1n) is 32.4. The molecule has 8 bridgehead atoms. The van der Waals surface area contributed by atoms with Crippen LogP contribution in [0.4, 0.5) is 0 Å². The molecule has 6 heterocycles. The molecular weight excluding hydrogens is 1490 g/mol. The van der Waals surface area contributed by atoms with Gasteiger partial charge in [-0.1, -0.05) is 0 Å². The van der Waals surface area contributed by atoms with Crippen molar-refractivity contribution in [2.24, 2.45) is 0 Å². The number of nitrogens with one attached hydrogen (secondary N) is 8. The molecule has 6 aliphatic rings. The second-order valence-corrected chi connectivity index (χ2v) is 48.4. The summed E-state index contributed by atoms with van der Waals surface area (Å²) in [5.41, 5.74) is 0. The first kappa shape index (κ1) is 87.0. The summed E-state index contributed by atoms with van der Waals surface area (Å²) in [6.45, 7) is -4.44. The number of carbonyl (C=O) groups is 8. The summed E-state index contributed by atoms with van der Waals surface area (Å²) >= 11 is 0. The molecule has 24 N–H and O–H groups in total. The van der Waals surface area contributed by atoms with E-state index in [0.29, 0.717) is 0 Å². The molecule has 8 amide bonds. The smallest absolute Gasteiger partial charge is 0.373 e. The molecule has 6 saturated heterocycles. The molecule has 6 fully saturated rings. The van der Waals surface area contributed by atoms with E-state index in [0.717, 1.165) is 0 Å². The Morgan fingerprint density at radius 3 is 0.360 bits per heavy atom. The lowest BCUT2D eigenvalue weighted by atomic mass is 10.3. The average molecular weight is 1590 g/mol. The lowest BCUT2D eigenvalue weighted by molar-refractivity contribution is -0.124. The predicted octanol–water partition coefficient (Wildman–Crippen LogP) is -10.6. The number of hydrogen-bond acceptors (Lipinski definition) is 36. The van der Waals surface area contributed by atoms with Gasteiger partial charge in [0.15, 0.2) is 50.3 Å². The Hall–Kier alpha value is -3.62. The van der Waals surface area contributed by atoms with E-state index >= 15 is 0 Å². The molecule has 52 heteroatoms. The highest BCUT2D eigenvalue weighted by Crippen LogP contribution is 2.53. The summed E-state index contributed by atoms with van der Waals surface area (Å²) < 4.78 is 89.4. The highest BCUT2D eigenvalue weighted by molar-refractivity contribution is 7.03. The van der Waals surface area contributed by atoms with Gasteiger partial charge in [-0.3, -0.25) is 38.4 Å². The zero-order valence-electron chi connectivity index (χ0n) is 54.6. The average Bonchev–Trinajstić information content (AvgIpc) is 0.688. The molecule has 100 heavy (non-hydrogen) atoms. The van der Waals surface area contributed by atoms with Gasteiger partial charge in [0.05, 0.1) is 0 Å². The summed E-state index contributed by atoms with van der Waals surface area (Å²) in [6.07, 6.45) is -23.2. The van der Waals surface area contributed by atoms with E-state index in [1.807, 2.05) is 0 Å². The van der Waals surface area contributed by atoms with Gasteiger partial charge in [0, 0.05) is 203 Å². The molecule has 0 saturated carbocycles. The van der Waals surface area contributed by atoms with Gasteiger partial charge in [-0.25, -0.2) is 0 Å². The maximum absolute atomic E-state index is 13.6. The Bertz CT molecular complexity index is 2070. The van der Waals surface area contributed by atoms with E-state index in [2.05, 4.69) is 42.5 Å². The van der Waals surface area contributed by atoms with Gasteiger partial charge in [-0.2, -0.15) is 0 Å². The lowest BCUT2D eigenvalue weighted by Crippen LogP contribution is -2.89. The fourth-order valence-electron chi connectivity index (χ4n) is 10.2. The van der Waals surface area contributed by atoms with E-state index in [-0.39, 0.29) is 0 Å². The quantitative estimate of drug-likeness (QED) is 0.0199. The van der Waals surface area contributed by atoms with Gasteiger partial charge in [0.25, 0.3) is 0 Å². The van der Waals surface area contributed by atoms with E-state index in [4.69, 9.17) is 49.4 Å². The summed E-state index contributed by atoms with van der Waals surface area (Å²) in [5.74, 6) is -6.33. The van der Waals surface area contributed by atoms with Crippen LogP contribution in [0.25, 0.3) is 0 Å². The highest BCUT2D eigenvalue weighted by atomic mass is 28.6. The molecule has 0 aliphatic carbocycles. The number of rotatable bonds is 48. The van der Waals surface area contributed by atoms with Crippen molar-refractivity contribution in [3.05, 3.63) is 0 Å². The fraction of sp³-hybridized carbons (Fsp3) is 0.833. The summed E-state index contributed by atoms with van der Waals surface area (Å²) in [4.78, 5) is 108. The SMILES string of the molecule is O=C(CCC(O)O)NCC[Si]12O[Si]3(CCNC(=O)CCC(O)O)O[Si]4(CCNC(=O)CCC(O)O)O[Si](CCNC(=O)CCC(O)O)(O1)O[Si]1(CCNC(=O)CCC(O)O)O[Si](CCNC(=O)CCC(O)O)(O2)O[Si](CCNC(=O)CCC(O)O)(O3)O[Si](CCNC(=O)CCC(O)O)(O4)O1. The lowest BCUT2D eigenvalue weighted by Gasteiger charge is -2.63. The summed E-state index contributed by atoms with van der Waals surface area (Å²) in [5, 5.41) is 176. The topological polar surface area (TPSA) is 667 Å². The van der Waals surface area contributed by atoms with Crippen LogP contribution in [0.2, 0.25) is 48.4 Å². The fourth-order valence-corrected chi connectivity index (χ4v) is 59.2. The Morgan fingerprint density at radius 1 is 0.190 bits per heavy atom. The van der Waals surface area contributed by atoms with Gasteiger partial charge in [-0.05, 0) is 0 Å². The van der Waals surface area contributed by atoms with Crippen LogP contribution >= 0.6 is 0 Å². The van der Waals surface area contributed by atoms with Crippen molar-refractivity contribution in [1.82, 2.24) is 42.5 Å². The Balaban J connectivity index is 1.96. The molecule has 0 aromatic rings. The Labute approximate surface area is 581 Å². The first-order chi connectivity index (χ1) is 47.0. The summed E-state index contributed by atoms with van der Waals surface area (Å²) in [7, 11) is -43.4. The van der Waals surface area contributed by atoms with Crippen molar-refractivity contribution >= 4 is 118 Å². The predicted molar refractivity (Wildman–Crippen MR) is 341 cm³/mol. The van der Waals surface area contributed by atoms with Crippen LogP contribution in [0.3, 0.4) is 0 Å². The molecule has 44 nitrogen and oxygen atoms in total. The third kappa shape index (κ3) is 30.5.